The molecule has 1 fully saturated rings. The second kappa shape index (κ2) is 5.20. The Kier molecular flexibility index (Phi) is 3.40. The van der Waals surface area contributed by atoms with Crippen molar-refractivity contribution in [2.75, 3.05) is 0 Å². The third-order valence-corrected chi connectivity index (χ3v) is 4.50. The van der Waals surface area contributed by atoms with Crippen molar-refractivity contribution in [2.45, 2.75) is 25.3 Å². The summed E-state index contributed by atoms with van der Waals surface area (Å²) in [5, 5.41) is 11.9. The Labute approximate surface area is 119 Å². The van der Waals surface area contributed by atoms with Crippen LogP contribution in [0.4, 0.5) is 0 Å². The highest BCUT2D eigenvalue weighted by atomic mass is 32.1. The molecule has 1 aliphatic carbocycles. The van der Waals surface area contributed by atoms with Crippen LogP contribution in [-0.2, 0) is 4.79 Å². The van der Waals surface area contributed by atoms with Gasteiger partial charge in [0.15, 0.2) is 0 Å². The minimum atomic E-state index is -0.771. The van der Waals surface area contributed by atoms with Crippen LogP contribution in [0.25, 0.3) is 10.2 Å². The standard InChI is InChI=1S/C14H14N2O3S/c17-13(16-10-3-1-9(5-10)14(18)19)8-2-4-11-12(6-8)20-7-15-11/h2,4,6-7,9-10H,1,3,5H2,(H,16,17)(H,18,19). The SMILES string of the molecule is O=C(NC1CCC(C(=O)O)C1)c1ccc2ncsc2c1. The van der Waals surface area contributed by atoms with E-state index in [1.54, 1.807) is 11.6 Å². The van der Waals surface area contributed by atoms with Gasteiger partial charge in [0.25, 0.3) is 5.91 Å². The van der Waals surface area contributed by atoms with Crippen molar-refractivity contribution in [3.05, 3.63) is 29.3 Å². The Morgan fingerprint density at radius 1 is 1.35 bits per heavy atom. The highest BCUT2D eigenvalue weighted by Gasteiger charge is 2.30. The average molecular weight is 290 g/mol. The van der Waals surface area contributed by atoms with E-state index in [0.29, 0.717) is 18.4 Å². The van der Waals surface area contributed by atoms with Crippen LogP contribution in [0, 0.1) is 5.92 Å². The first-order valence-corrected chi connectivity index (χ1v) is 7.38. The summed E-state index contributed by atoms with van der Waals surface area (Å²) in [6.07, 6.45) is 1.88. The van der Waals surface area contributed by atoms with Gasteiger partial charge in [-0.2, -0.15) is 0 Å². The maximum absolute atomic E-state index is 12.2. The molecule has 1 heterocycles. The average Bonchev–Trinajstić information content (AvgIpc) is 3.05. The number of carbonyl (C=O) groups is 2. The van der Waals surface area contributed by atoms with Crippen molar-refractivity contribution in [1.29, 1.82) is 0 Å². The van der Waals surface area contributed by atoms with Gasteiger partial charge in [-0.25, -0.2) is 4.98 Å². The smallest absolute Gasteiger partial charge is 0.306 e. The third kappa shape index (κ3) is 2.51. The minimum Gasteiger partial charge on any atom is -0.481 e. The summed E-state index contributed by atoms with van der Waals surface area (Å²) in [6.45, 7) is 0. The van der Waals surface area contributed by atoms with Crippen LogP contribution in [0.5, 0.6) is 0 Å². The normalized spacial score (nSPS) is 22.0. The number of benzene rings is 1. The molecular formula is C14H14N2O3S. The Bertz CT molecular complexity index is 667. The number of carboxylic acids is 1. The molecule has 2 unspecified atom stereocenters. The molecule has 3 rings (SSSR count). The molecule has 5 nitrogen and oxygen atoms in total. The van der Waals surface area contributed by atoms with Crippen LogP contribution in [0.1, 0.15) is 29.6 Å². The maximum Gasteiger partial charge on any atom is 0.306 e. The monoisotopic (exact) mass is 290 g/mol. The molecule has 0 spiro atoms. The number of amides is 1. The number of rotatable bonds is 3. The molecule has 1 amide bonds. The summed E-state index contributed by atoms with van der Waals surface area (Å²) in [5.74, 6) is -1.24. The van der Waals surface area contributed by atoms with Crippen LogP contribution >= 0.6 is 11.3 Å². The number of hydrogen-bond donors (Lipinski definition) is 2. The highest BCUT2D eigenvalue weighted by Crippen LogP contribution is 2.26. The number of carbonyl (C=O) groups excluding carboxylic acids is 1. The molecule has 2 aromatic rings. The molecule has 1 aliphatic rings. The molecule has 6 heteroatoms. The van der Waals surface area contributed by atoms with Crippen LogP contribution in [0.3, 0.4) is 0 Å². The van der Waals surface area contributed by atoms with Gasteiger partial charge in [-0.15, -0.1) is 11.3 Å². The van der Waals surface area contributed by atoms with Crippen molar-refractivity contribution < 1.29 is 14.7 Å². The van der Waals surface area contributed by atoms with Crippen molar-refractivity contribution in [3.63, 3.8) is 0 Å². The van der Waals surface area contributed by atoms with E-state index in [-0.39, 0.29) is 17.9 Å². The Hall–Kier alpha value is -1.95. The summed E-state index contributed by atoms with van der Waals surface area (Å²) >= 11 is 1.50. The third-order valence-electron chi connectivity index (χ3n) is 3.71. The fourth-order valence-electron chi connectivity index (χ4n) is 2.60. The number of aliphatic carboxylic acids is 1. The van der Waals surface area contributed by atoms with E-state index in [0.717, 1.165) is 16.6 Å². The van der Waals surface area contributed by atoms with E-state index in [1.807, 2.05) is 12.1 Å². The summed E-state index contributed by atoms with van der Waals surface area (Å²) < 4.78 is 0.979. The number of thiazole rings is 1. The van der Waals surface area contributed by atoms with Crippen molar-refractivity contribution in [1.82, 2.24) is 10.3 Å². The van der Waals surface area contributed by atoms with E-state index < -0.39 is 5.97 Å². The quantitative estimate of drug-likeness (QED) is 0.909. The number of fused-ring (bicyclic) bond motifs is 1. The van der Waals surface area contributed by atoms with Crippen molar-refractivity contribution in [3.8, 4) is 0 Å². The summed E-state index contributed by atoms with van der Waals surface area (Å²) in [6, 6.07) is 5.36. The maximum atomic E-state index is 12.2. The summed E-state index contributed by atoms with van der Waals surface area (Å²) in [5.41, 5.74) is 3.24. The zero-order valence-electron chi connectivity index (χ0n) is 10.7. The lowest BCUT2D eigenvalue weighted by Gasteiger charge is -2.12. The van der Waals surface area contributed by atoms with Gasteiger partial charge in [0.05, 0.1) is 21.6 Å². The molecule has 1 aromatic carbocycles. The molecule has 2 atom stereocenters. The topological polar surface area (TPSA) is 79.3 Å². The Morgan fingerprint density at radius 2 is 2.20 bits per heavy atom. The number of carboxylic acid groups (broad SMARTS) is 1. The number of nitrogens with zero attached hydrogens (tertiary/aromatic N) is 1. The lowest BCUT2D eigenvalue weighted by molar-refractivity contribution is -0.141. The molecule has 20 heavy (non-hydrogen) atoms. The summed E-state index contributed by atoms with van der Waals surface area (Å²) in [7, 11) is 0. The predicted octanol–water partition coefficient (Wildman–Crippen LogP) is 2.28. The lowest BCUT2D eigenvalue weighted by Crippen LogP contribution is -2.33. The summed E-state index contributed by atoms with van der Waals surface area (Å²) in [4.78, 5) is 27.2. The molecule has 1 aromatic heterocycles. The first-order chi connectivity index (χ1) is 9.63. The molecular weight excluding hydrogens is 276 g/mol. The highest BCUT2D eigenvalue weighted by molar-refractivity contribution is 7.16. The molecule has 2 N–H and O–H groups in total. The zero-order valence-corrected chi connectivity index (χ0v) is 11.5. The Balaban J connectivity index is 1.68. The number of nitrogens with one attached hydrogen (secondary N) is 1. The minimum absolute atomic E-state index is 0.0410. The van der Waals surface area contributed by atoms with Gasteiger partial charge in [-0.3, -0.25) is 9.59 Å². The molecule has 0 saturated heterocycles. The van der Waals surface area contributed by atoms with Gasteiger partial charge in [-0.1, -0.05) is 0 Å². The fourth-order valence-corrected chi connectivity index (χ4v) is 3.32. The number of aromatic nitrogens is 1. The second-order valence-corrected chi connectivity index (χ2v) is 5.94. The zero-order chi connectivity index (χ0) is 14.1. The largest absolute Gasteiger partial charge is 0.481 e. The second-order valence-electron chi connectivity index (χ2n) is 5.05. The van der Waals surface area contributed by atoms with Crippen LogP contribution < -0.4 is 5.32 Å². The van der Waals surface area contributed by atoms with E-state index in [1.165, 1.54) is 11.3 Å². The first kappa shape index (κ1) is 13.1. The molecule has 0 aliphatic heterocycles. The lowest BCUT2D eigenvalue weighted by atomic mass is 10.1. The van der Waals surface area contributed by atoms with Gasteiger partial charge >= 0.3 is 5.97 Å². The molecule has 0 radical (unpaired) electrons. The fraction of sp³-hybridized carbons (Fsp3) is 0.357. The van der Waals surface area contributed by atoms with Gasteiger partial charge in [-0.05, 0) is 37.5 Å². The van der Waals surface area contributed by atoms with E-state index in [9.17, 15) is 9.59 Å². The van der Waals surface area contributed by atoms with Crippen molar-refractivity contribution >= 4 is 33.4 Å². The van der Waals surface area contributed by atoms with E-state index in [2.05, 4.69) is 10.3 Å². The van der Waals surface area contributed by atoms with Crippen LogP contribution in [-0.4, -0.2) is 28.0 Å². The van der Waals surface area contributed by atoms with Crippen LogP contribution in [0.2, 0.25) is 0 Å². The predicted molar refractivity (Wildman–Crippen MR) is 75.9 cm³/mol. The van der Waals surface area contributed by atoms with Gasteiger partial charge in [0.2, 0.25) is 0 Å². The molecule has 1 saturated carbocycles. The van der Waals surface area contributed by atoms with E-state index >= 15 is 0 Å². The van der Waals surface area contributed by atoms with Crippen LogP contribution in [0.15, 0.2) is 23.7 Å². The molecule has 0 bridgehead atoms. The van der Waals surface area contributed by atoms with Gasteiger partial charge in [0, 0.05) is 11.6 Å². The molecule has 104 valence electrons. The van der Waals surface area contributed by atoms with Gasteiger partial charge in [0.1, 0.15) is 0 Å². The van der Waals surface area contributed by atoms with Gasteiger partial charge < -0.3 is 10.4 Å². The number of hydrogen-bond acceptors (Lipinski definition) is 4. The van der Waals surface area contributed by atoms with Crippen molar-refractivity contribution in [2.24, 2.45) is 5.92 Å². The Morgan fingerprint density at radius 3 is 2.95 bits per heavy atom. The van der Waals surface area contributed by atoms with E-state index in [4.69, 9.17) is 5.11 Å². The first-order valence-electron chi connectivity index (χ1n) is 6.50.